The molecule has 3 unspecified atom stereocenters. The molecule has 0 saturated carbocycles. The van der Waals surface area contributed by atoms with Crippen LogP contribution in [0.5, 0.6) is 17.2 Å². The van der Waals surface area contributed by atoms with E-state index in [1.807, 2.05) is 66.7 Å². The zero-order valence-corrected chi connectivity index (χ0v) is 26.8. The average molecular weight is 624 g/mol. The van der Waals surface area contributed by atoms with Crippen molar-refractivity contribution in [3.8, 4) is 17.2 Å². The standard InChI is InChI=1S/C35H45NO9/c1-35(2,3)44-34(38)45-36-21-31(37)33(32(22-36)43-24-26-18-29(39-4)20-30(19-26)40-5)27-12-14-28(15-13-27)42-17-9-16-41-23-25-10-7-6-8-11-25/h6-8,10-15,18-20,31-33,37H,9,16-17,21-24H2,1-5H3. The minimum atomic E-state index is -0.889. The molecule has 0 radical (unpaired) electrons. The number of piperidine rings is 1. The van der Waals surface area contributed by atoms with Crippen molar-refractivity contribution in [2.24, 2.45) is 0 Å². The van der Waals surface area contributed by atoms with Gasteiger partial charge in [-0.2, -0.15) is 0 Å². The normalized spacial score (nSPS) is 18.7. The molecule has 3 atom stereocenters. The lowest BCUT2D eigenvalue weighted by atomic mass is 9.85. The van der Waals surface area contributed by atoms with Crippen LogP contribution >= 0.6 is 0 Å². The van der Waals surface area contributed by atoms with Crippen LogP contribution in [-0.2, 0) is 32.3 Å². The Morgan fingerprint density at radius 1 is 0.844 bits per heavy atom. The number of hydrogen-bond donors (Lipinski definition) is 1. The highest BCUT2D eigenvalue weighted by molar-refractivity contribution is 5.60. The van der Waals surface area contributed by atoms with Gasteiger partial charge in [0, 0.05) is 18.4 Å². The monoisotopic (exact) mass is 623 g/mol. The van der Waals surface area contributed by atoms with E-state index in [0.717, 1.165) is 28.9 Å². The summed E-state index contributed by atoms with van der Waals surface area (Å²) < 4.78 is 34.2. The number of rotatable bonds is 14. The Morgan fingerprint density at radius 2 is 1.53 bits per heavy atom. The third kappa shape index (κ3) is 10.9. The summed E-state index contributed by atoms with van der Waals surface area (Å²) in [6.45, 7) is 7.52. The second kappa shape index (κ2) is 16.5. The highest BCUT2D eigenvalue weighted by Crippen LogP contribution is 2.33. The van der Waals surface area contributed by atoms with Crippen molar-refractivity contribution in [1.82, 2.24) is 5.06 Å². The topological polar surface area (TPSA) is 105 Å². The van der Waals surface area contributed by atoms with Gasteiger partial charge >= 0.3 is 6.16 Å². The van der Waals surface area contributed by atoms with E-state index >= 15 is 0 Å². The minimum absolute atomic E-state index is 0.0952. The molecular weight excluding hydrogens is 578 g/mol. The van der Waals surface area contributed by atoms with Crippen LogP contribution in [0.4, 0.5) is 4.79 Å². The van der Waals surface area contributed by atoms with Crippen LogP contribution in [0.25, 0.3) is 0 Å². The fraction of sp³-hybridized carbons (Fsp3) is 0.457. The Bertz CT molecular complexity index is 1300. The molecule has 0 spiro atoms. The lowest BCUT2D eigenvalue weighted by molar-refractivity contribution is -0.201. The molecule has 0 aliphatic carbocycles. The number of benzene rings is 3. The van der Waals surface area contributed by atoms with Crippen molar-refractivity contribution in [2.75, 3.05) is 40.5 Å². The SMILES string of the molecule is COc1cc(COC2CN(OC(=O)OC(C)(C)C)CC(O)C2c2ccc(OCCCOCc3ccccc3)cc2)cc(OC)c1. The number of methoxy groups -OCH3 is 2. The lowest BCUT2D eigenvalue weighted by Crippen LogP contribution is -2.52. The van der Waals surface area contributed by atoms with Gasteiger partial charge in [0.25, 0.3) is 0 Å². The maximum atomic E-state index is 12.4. The van der Waals surface area contributed by atoms with Crippen molar-refractivity contribution in [1.29, 1.82) is 0 Å². The van der Waals surface area contributed by atoms with Crippen LogP contribution < -0.4 is 14.2 Å². The summed E-state index contributed by atoms with van der Waals surface area (Å²) in [6.07, 6.45) is -1.49. The highest BCUT2D eigenvalue weighted by Gasteiger charge is 2.40. The Labute approximate surface area is 265 Å². The van der Waals surface area contributed by atoms with Crippen molar-refractivity contribution >= 4 is 6.16 Å². The van der Waals surface area contributed by atoms with Crippen molar-refractivity contribution < 1.29 is 43.2 Å². The molecule has 1 heterocycles. The molecule has 10 heteroatoms. The number of hydrogen-bond acceptors (Lipinski definition) is 10. The van der Waals surface area contributed by atoms with E-state index in [9.17, 15) is 9.90 Å². The second-order valence-electron chi connectivity index (χ2n) is 11.9. The van der Waals surface area contributed by atoms with E-state index in [-0.39, 0.29) is 19.7 Å². The molecule has 0 amide bonds. The first kappa shape index (κ1) is 34.1. The summed E-state index contributed by atoms with van der Waals surface area (Å²) in [5.41, 5.74) is 2.14. The van der Waals surface area contributed by atoms with E-state index in [0.29, 0.717) is 31.3 Å². The van der Waals surface area contributed by atoms with Crippen LogP contribution in [0.3, 0.4) is 0 Å². The molecule has 0 aromatic heterocycles. The Hall–Kier alpha value is -3.83. The highest BCUT2D eigenvalue weighted by atomic mass is 16.8. The maximum Gasteiger partial charge on any atom is 0.528 e. The number of carbonyl (C=O) groups excluding carboxylic acids is 1. The first-order chi connectivity index (χ1) is 21.6. The molecule has 4 rings (SSSR count). The largest absolute Gasteiger partial charge is 0.528 e. The van der Waals surface area contributed by atoms with E-state index in [1.165, 1.54) is 5.06 Å². The molecule has 1 fully saturated rings. The first-order valence-electron chi connectivity index (χ1n) is 15.2. The fourth-order valence-corrected chi connectivity index (χ4v) is 5.06. The molecule has 1 saturated heterocycles. The number of nitrogens with zero attached hydrogens (tertiary/aromatic N) is 1. The van der Waals surface area contributed by atoms with Gasteiger partial charge in [0.05, 0.1) is 65.9 Å². The number of carbonyl (C=O) groups is 1. The predicted molar refractivity (Wildman–Crippen MR) is 168 cm³/mol. The number of β-amino-alcohol motifs (C(OH)–C–C–N with tert-alkyl or cyclic N) is 1. The van der Waals surface area contributed by atoms with Crippen LogP contribution in [0.1, 0.15) is 49.8 Å². The summed E-state index contributed by atoms with van der Waals surface area (Å²) >= 11 is 0. The number of aliphatic hydroxyl groups is 1. The van der Waals surface area contributed by atoms with Crippen molar-refractivity contribution in [3.05, 3.63) is 89.5 Å². The van der Waals surface area contributed by atoms with E-state index in [4.69, 9.17) is 33.3 Å². The van der Waals surface area contributed by atoms with Gasteiger partial charge in [-0.15, -0.1) is 5.06 Å². The summed E-state index contributed by atoms with van der Waals surface area (Å²) in [5.74, 6) is 1.61. The first-order valence-corrected chi connectivity index (χ1v) is 15.2. The van der Waals surface area contributed by atoms with Crippen molar-refractivity contribution in [2.45, 2.75) is 64.1 Å². The van der Waals surface area contributed by atoms with Gasteiger partial charge in [0.2, 0.25) is 0 Å². The molecule has 0 bridgehead atoms. The Balaban J connectivity index is 1.39. The zero-order chi connectivity index (χ0) is 32.2. The third-order valence-electron chi connectivity index (χ3n) is 7.14. The maximum absolute atomic E-state index is 12.4. The Kier molecular flexibility index (Phi) is 12.5. The molecule has 244 valence electrons. The van der Waals surface area contributed by atoms with Crippen LogP contribution in [-0.4, -0.2) is 74.7 Å². The lowest BCUT2D eigenvalue weighted by Gasteiger charge is -2.40. The van der Waals surface area contributed by atoms with Gasteiger partial charge in [-0.1, -0.05) is 42.5 Å². The molecule has 45 heavy (non-hydrogen) atoms. The molecule has 1 N–H and O–H groups in total. The summed E-state index contributed by atoms with van der Waals surface area (Å²) in [7, 11) is 3.18. The van der Waals surface area contributed by atoms with Gasteiger partial charge in [-0.05, 0) is 61.7 Å². The predicted octanol–water partition coefficient (Wildman–Crippen LogP) is 5.90. The van der Waals surface area contributed by atoms with Gasteiger partial charge in [-0.25, -0.2) is 4.79 Å². The average Bonchev–Trinajstić information content (AvgIpc) is 3.01. The summed E-state index contributed by atoms with van der Waals surface area (Å²) in [5, 5.41) is 12.7. The van der Waals surface area contributed by atoms with Gasteiger partial charge in [-0.3, -0.25) is 0 Å². The second-order valence-corrected chi connectivity index (χ2v) is 11.9. The minimum Gasteiger partial charge on any atom is -0.497 e. The van der Waals surface area contributed by atoms with E-state index in [2.05, 4.69) is 0 Å². The van der Waals surface area contributed by atoms with Gasteiger partial charge in [0.15, 0.2) is 0 Å². The number of hydroxylamine groups is 2. The molecule has 3 aromatic rings. The summed E-state index contributed by atoms with van der Waals surface area (Å²) in [4.78, 5) is 17.9. The number of ether oxygens (including phenoxy) is 6. The smallest absolute Gasteiger partial charge is 0.497 e. The number of aliphatic hydroxyl groups excluding tert-OH is 1. The van der Waals surface area contributed by atoms with E-state index < -0.39 is 29.9 Å². The third-order valence-corrected chi connectivity index (χ3v) is 7.14. The fourth-order valence-electron chi connectivity index (χ4n) is 5.06. The molecule has 10 nitrogen and oxygen atoms in total. The van der Waals surface area contributed by atoms with Gasteiger partial charge in [0.1, 0.15) is 22.8 Å². The van der Waals surface area contributed by atoms with E-state index in [1.54, 1.807) is 41.1 Å². The molecule has 1 aliphatic heterocycles. The zero-order valence-electron chi connectivity index (χ0n) is 26.8. The molecule has 3 aromatic carbocycles. The van der Waals surface area contributed by atoms with Crippen molar-refractivity contribution in [3.63, 3.8) is 0 Å². The van der Waals surface area contributed by atoms with Gasteiger partial charge < -0.3 is 38.4 Å². The Morgan fingerprint density at radius 3 is 2.18 bits per heavy atom. The quantitative estimate of drug-likeness (QED) is 0.172. The van der Waals surface area contributed by atoms with Crippen LogP contribution in [0.15, 0.2) is 72.8 Å². The molecular formula is C35H45NO9. The van der Waals surface area contributed by atoms with Crippen LogP contribution in [0, 0.1) is 0 Å². The summed E-state index contributed by atoms with van der Waals surface area (Å²) in [6, 6.07) is 23.2. The molecule has 1 aliphatic rings. The van der Waals surface area contributed by atoms with Crippen LogP contribution in [0.2, 0.25) is 0 Å².